The zero-order valence-electron chi connectivity index (χ0n) is 16.3. The Labute approximate surface area is 176 Å². The highest BCUT2D eigenvalue weighted by atomic mass is 16.6. The smallest absolute Gasteiger partial charge is 0.338 e. The monoisotopic (exact) mass is 426 g/mol. The van der Waals surface area contributed by atoms with Gasteiger partial charge in [-0.2, -0.15) is 5.10 Å². The number of hydrogen-bond acceptors (Lipinski definition) is 7. The number of benzene rings is 2. The van der Waals surface area contributed by atoms with Crippen LogP contribution in [0, 0.1) is 10.1 Å². The quantitative estimate of drug-likeness (QED) is 0.391. The zero-order valence-corrected chi connectivity index (χ0v) is 16.3. The molecule has 1 aromatic heterocycles. The molecule has 0 aliphatic heterocycles. The highest BCUT2D eigenvalue weighted by molar-refractivity contribution is 5.91. The van der Waals surface area contributed by atoms with Gasteiger partial charge in [0.1, 0.15) is 17.2 Å². The molecule has 0 radical (unpaired) electrons. The van der Waals surface area contributed by atoms with Gasteiger partial charge >= 0.3 is 5.97 Å². The van der Waals surface area contributed by atoms with Crippen molar-refractivity contribution in [3.05, 3.63) is 70.5 Å². The standard InChI is InChI=1S/C20H18N4O7/c1-30-16-2-4-17(5-3-16)31-18-9-14(8-15(10-18)24(28)29)22-19(25)6-7-23-12-13(11-21-23)20(26)27/h2-5,8-12H,6-7H2,1H3,(H,22,25)(H,26,27). The predicted molar refractivity (Wildman–Crippen MR) is 109 cm³/mol. The summed E-state index contributed by atoms with van der Waals surface area (Å²) in [7, 11) is 1.53. The number of aromatic nitrogens is 2. The van der Waals surface area contributed by atoms with E-state index in [0.29, 0.717) is 11.5 Å². The van der Waals surface area contributed by atoms with E-state index in [9.17, 15) is 19.7 Å². The molecule has 0 saturated heterocycles. The number of rotatable bonds is 9. The number of ether oxygens (including phenoxy) is 2. The summed E-state index contributed by atoms with van der Waals surface area (Å²) in [4.78, 5) is 33.8. The number of carboxylic acids is 1. The van der Waals surface area contributed by atoms with Crippen LogP contribution in [0.1, 0.15) is 16.8 Å². The molecule has 3 aromatic rings. The van der Waals surface area contributed by atoms with Crippen molar-refractivity contribution in [2.24, 2.45) is 0 Å². The summed E-state index contributed by atoms with van der Waals surface area (Å²) in [6.45, 7) is 0.142. The molecule has 0 spiro atoms. The second kappa shape index (κ2) is 9.39. The van der Waals surface area contributed by atoms with Crippen molar-refractivity contribution in [1.82, 2.24) is 9.78 Å². The Bertz CT molecular complexity index is 1110. The summed E-state index contributed by atoms with van der Waals surface area (Å²) in [6, 6.07) is 10.6. The second-order valence-electron chi connectivity index (χ2n) is 6.35. The van der Waals surface area contributed by atoms with Crippen LogP contribution in [-0.2, 0) is 11.3 Å². The number of non-ortho nitro benzene ring substituents is 1. The highest BCUT2D eigenvalue weighted by Crippen LogP contribution is 2.30. The van der Waals surface area contributed by atoms with Gasteiger partial charge in [0.2, 0.25) is 5.91 Å². The van der Waals surface area contributed by atoms with Gasteiger partial charge in [-0.1, -0.05) is 0 Å². The number of nitrogens with zero attached hydrogens (tertiary/aromatic N) is 3. The summed E-state index contributed by atoms with van der Waals surface area (Å²) < 4.78 is 12.1. The van der Waals surface area contributed by atoms with E-state index >= 15 is 0 Å². The van der Waals surface area contributed by atoms with Crippen LogP contribution in [0.15, 0.2) is 54.9 Å². The lowest BCUT2D eigenvalue weighted by Crippen LogP contribution is -2.15. The maximum Gasteiger partial charge on any atom is 0.338 e. The molecule has 2 aromatic carbocycles. The molecule has 1 heterocycles. The van der Waals surface area contributed by atoms with Crippen LogP contribution < -0.4 is 14.8 Å². The largest absolute Gasteiger partial charge is 0.497 e. The third-order valence-corrected chi connectivity index (χ3v) is 4.13. The van der Waals surface area contributed by atoms with Crippen molar-refractivity contribution in [3.63, 3.8) is 0 Å². The van der Waals surface area contributed by atoms with E-state index in [-0.39, 0.29) is 35.7 Å². The van der Waals surface area contributed by atoms with E-state index in [0.717, 1.165) is 0 Å². The molecule has 3 rings (SSSR count). The Hall–Kier alpha value is -4.41. The van der Waals surface area contributed by atoms with Crippen LogP contribution in [0.25, 0.3) is 0 Å². The lowest BCUT2D eigenvalue weighted by atomic mass is 10.2. The van der Waals surface area contributed by atoms with E-state index in [1.807, 2.05) is 0 Å². The van der Waals surface area contributed by atoms with Gasteiger partial charge in [-0.05, 0) is 24.3 Å². The molecule has 11 nitrogen and oxygen atoms in total. The normalized spacial score (nSPS) is 10.4. The highest BCUT2D eigenvalue weighted by Gasteiger charge is 2.14. The Morgan fingerprint density at radius 1 is 1.16 bits per heavy atom. The minimum absolute atomic E-state index is 0.0133. The minimum atomic E-state index is -1.11. The molecule has 31 heavy (non-hydrogen) atoms. The summed E-state index contributed by atoms with van der Waals surface area (Å²) in [5.41, 5.74) is -0.0479. The SMILES string of the molecule is COc1ccc(Oc2cc(NC(=O)CCn3cc(C(=O)O)cn3)cc([N+](=O)[O-])c2)cc1. The third-order valence-electron chi connectivity index (χ3n) is 4.13. The summed E-state index contributed by atoms with van der Waals surface area (Å²) in [5.74, 6) is -0.300. The van der Waals surface area contributed by atoms with E-state index in [4.69, 9.17) is 14.6 Å². The molecule has 2 N–H and O–H groups in total. The molecular weight excluding hydrogens is 408 g/mol. The van der Waals surface area contributed by atoms with Crippen molar-refractivity contribution in [1.29, 1.82) is 0 Å². The minimum Gasteiger partial charge on any atom is -0.497 e. The van der Waals surface area contributed by atoms with E-state index in [1.54, 1.807) is 24.3 Å². The van der Waals surface area contributed by atoms with Gasteiger partial charge in [-0.3, -0.25) is 19.6 Å². The van der Waals surface area contributed by atoms with Crippen LogP contribution in [-0.4, -0.2) is 38.8 Å². The number of nitro benzene ring substituents is 1. The lowest BCUT2D eigenvalue weighted by molar-refractivity contribution is -0.384. The molecule has 160 valence electrons. The molecule has 1 amide bonds. The van der Waals surface area contributed by atoms with Crippen molar-refractivity contribution in [2.75, 3.05) is 12.4 Å². The number of carboxylic acid groups (broad SMARTS) is 1. The van der Waals surface area contributed by atoms with Gasteiger partial charge < -0.3 is 19.9 Å². The average molecular weight is 426 g/mol. The zero-order chi connectivity index (χ0) is 22.4. The maximum atomic E-state index is 12.3. The Morgan fingerprint density at radius 2 is 1.87 bits per heavy atom. The van der Waals surface area contributed by atoms with Gasteiger partial charge in [-0.15, -0.1) is 0 Å². The number of hydrogen-bond donors (Lipinski definition) is 2. The number of aromatic carboxylic acids is 1. The van der Waals surface area contributed by atoms with E-state index < -0.39 is 16.8 Å². The number of methoxy groups -OCH3 is 1. The molecular formula is C20H18N4O7. The average Bonchev–Trinajstić information content (AvgIpc) is 3.22. The molecule has 0 aliphatic rings. The lowest BCUT2D eigenvalue weighted by Gasteiger charge is -2.10. The first kappa shape index (κ1) is 21.3. The molecule has 0 aliphatic carbocycles. The first-order valence-corrected chi connectivity index (χ1v) is 9.01. The number of aryl methyl sites for hydroxylation is 1. The number of nitrogens with one attached hydrogen (secondary N) is 1. The maximum absolute atomic E-state index is 12.3. The molecule has 11 heteroatoms. The van der Waals surface area contributed by atoms with Gasteiger partial charge in [0.05, 0.1) is 35.5 Å². The first-order chi connectivity index (χ1) is 14.8. The summed E-state index contributed by atoms with van der Waals surface area (Å²) in [5, 5.41) is 26.6. The molecule has 0 unspecified atom stereocenters. The van der Waals surface area contributed by atoms with Crippen LogP contribution in [0.4, 0.5) is 11.4 Å². The predicted octanol–water partition coefficient (Wildman–Crippen LogP) is 3.32. The Morgan fingerprint density at radius 3 is 2.48 bits per heavy atom. The van der Waals surface area contributed by atoms with Crippen molar-refractivity contribution in [3.8, 4) is 17.2 Å². The summed E-state index contributed by atoms with van der Waals surface area (Å²) in [6.07, 6.45) is 2.48. The van der Waals surface area contributed by atoms with Crippen molar-refractivity contribution >= 4 is 23.3 Å². The van der Waals surface area contributed by atoms with Crippen LogP contribution in [0.2, 0.25) is 0 Å². The fourth-order valence-corrected chi connectivity index (χ4v) is 2.64. The molecule has 0 fully saturated rings. The number of nitro groups is 1. The number of amides is 1. The van der Waals surface area contributed by atoms with Gasteiger partial charge in [0.15, 0.2) is 0 Å². The second-order valence-corrected chi connectivity index (χ2v) is 6.35. The van der Waals surface area contributed by atoms with Crippen molar-refractivity contribution < 1.29 is 29.1 Å². The number of anilines is 1. The van der Waals surface area contributed by atoms with Gasteiger partial charge in [0.25, 0.3) is 5.69 Å². The van der Waals surface area contributed by atoms with E-state index in [2.05, 4.69) is 10.4 Å². The van der Waals surface area contributed by atoms with Gasteiger partial charge in [0, 0.05) is 31.3 Å². The Kier molecular flexibility index (Phi) is 6.45. The van der Waals surface area contributed by atoms with Crippen LogP contribution >= 0.6 is 0 Å². The van der Waals surface area contributed by atoms with Crippen LogP contribution in [0.3, 0.4) is 0 Å². The number of carbonyl (C=O) groups is 2. The fourth-order valence-electron chi connectivity index (χ4n) is 2.64. The van der Waals surface area contributed by atoms with Crippen LogP contribution in [0.5, 0.6) is 17.2 Å². The molecule has 0 atom stereocenters. The topological polar surface area (TPSA) is 146 Å². The van der Waals surface area contributed by atoms with Crippen molar-refractivity contribution in [2.45, 2.75) is 13.0 Å². The molecule has 0 bridgehead atoms. The van der Waals surface area contributed by atoms with E-state index in [1.165, 1.54) is 42.4 Å². The summed E-state index contributed by atoms with van der Waals surface area (Å²) >= 11 is 0. The fraction of sp³-hybridized carbons (Fsp3) is 0.150. The first-order valence-electron chi connectivity index (χ1n) is 9.01. The molecule has 0 saturated carbocycles. The Balaban J connectivity index is 1.69. The third kappa shape index (κ3) is 5.79. The number of carbonyl (C=O) groups excluding carboxylic acids is 1. The van der Waals surface area contributed by atoms with Gasteiger partial charge in [-0.25, -0.2) is 4.79 Å².